The fraction of sp³-hybridized carbons (Fsp3) is 0.435. The van der Waals surface area contributed by atoms with Crippen LogP contribution in [-0.4, -0.2) is 60.3 Å². The van der Waals surface area contributed by atoms with Gasteiger partial charge in [0.05, 0.1) is 23.3 Å². The molecule has 1 saturated heterocycles. The lowest BCUT2D eigenvalue weighted by Crippen LogP contribution is -2.31. The molecule has 0 spiro atoms. The van der Waals surface area contributed by atoms with Crippen molar-refractivity contribution in [2.45, 2.75) is 39.2 Å². The minimum atomic E-state index is 0.505. The van der Waals surface area contributed by atoms with Gasteiger partial charge < -0.3 is 20.9 Å². The van der Waals surface area contributed by atoms with Crippen molar-refractivity contribution in [1.82, 2.24) is 15.1 Å². The number of benzene rings is 1. The van der Waals surface area contributed by atoms with Gasteiger partial charge in [0.1, 0.15) is 0 Å². The van der Waals surface area contributed by atoms with Crippen LogP contribution in [0.15, 0.2) is 41.2 Å². The van der Waals surface area contributed by atoms with Crippen molar-refractivity contribution >= 4 is 29.0 Å². The molecule has 3 rings (SSSR count). The van der Waals surface area contributed by atoms with Gasteiger partial charge in [-0.1, -0.05) is 19.4 Å². The molecule has 0 saturated carbocycles. The molecular weight excluding hydrogens is 374 g/mol. The van der Waals surface area contributed by atoms with Crippen LogP contribution < -0.4 is 10.6 Å². The maximum absolute atomic E-state index is 7.76. The van der Waals surface area contributed by atoms with E-state index < -0.39 is 0 Å². The molecule has 7 nitrogen and oxygen atoms in total. The Hall–Kier alpha value is -2.93. The monoisotopic (exact) mass is 407 g/mol. The smallest absolute Gasteiger partial charge is 0.0878 e. The van der Waals surface area contributed by atoms with Crippen LogP contribution in [0.25, 0.3) is 0 Å². The number of nitrogens with two attached hydrogens (primary N) is 1. The van der Waals surface area contributed by atoms with Gasteiger partial charge in [-0.3, -0.25) is 5.10 Å². The van der Waals surface area contributed by atoms with Crippen LogP contribution in [-0.2, 0) is 0 Å². The molecular formula is C23H33N7. The van der Waals surface area contributed by atoms with Crippen molar-refractivity contribution in [3.63, 3.8) is 0 Å². The number of aliphatic imine (C=N–C) groups is 1. The van der Waals surface area contributed by atoms with Crippen molar-refractivity contribution in [3.05, 3.63) is 47.3 Å². The van der Waals surface area contributed by atoms with Crippen LogP contribution in [0, 0.1) is 5.41 Å². The van der Waals surface area contributed by atoms with Crippen molar-refractivity contribution in [2.24, 2.45) is 4.99 Å². The Kier molecular flexibility index (Phi) is 7.05. The lowest BCUT2D eigenvalue weighted by molar-refractivity contribution is 0.315. The third-order valence-corrected chi connectivity index (χ3v) is 5.75. The number of hydrogen-bond acceptors (Lipinski definition) is 6. The van der Waals surface area contributed by atoms with E-state index in [-0.39, 0.29) is 0 Å². The van der Waals surface area contributed by atoms with Crippen molar-refractivity contribution < 1.29 is 0 Å². The highest BCUT2D eigenvalue weighted by atomic mass is 15.2. The lowest BCUT2D eigenvalue weighted by atomic mass is 10.0. The van der Waals surface area contributed by atoms with E-state index in [1.807, 2.05) is 24.5 Å². The number of nitrogens with one attached hydrogen (secondary N) is 2. The summed E-state index contributed by atoms with van der Waals surface area (Å²) >= 11 is 0. The molecule has 1 aliphatic heterocycles. The molecule has 0 amide bonds. The zero-order valence-corrected chi connectivity index (χ0v) is 18.4. The fourth-order valence-electron chi connectivity index (χ4n) is 3.95. The van der Waals surface area contributed by atoms with Gasteiger partial charge in [-0.2, -0.15) is 5.10 Å². The molecule has 4 N–H and O–H groups in total. The average Bonchev–Trinajstić information content (AvgIpc) is 3.43. The second kappa shape index (κ2) is 9.71. The summed E-state index contributed by atoms with van der Waals surface area (Å²) in [5, 5.41) is 14.8. The second-order valence-corrected chi connectivity index (χ2v) is 7.98. The van der Waals surface area contributed by atoms with E-state index in [4.69, 9.17) is 16.1 Å². The highest BCUT2D eigenvalue weighted by molar-refractivity contribution is 6.14. The SMILES string of the molecule is C/C=C(\CCC)C(=Nc1cc(C=N)c(N)cc1N1CCC(N(C)C)C1)c1cn[nH]c1. The predicted molar refractivity (Wildman–Crippen MR) is 126 cm³/mol. The summed E-state index contributed by atoms with van der Waals surface area (Å²) in [6.07, 6.45) is 10.2. The highest BCUT2D eigenvalue weighted by Gasteiger charge is 2.26. The topological polar surface area (TPSA) is 97.4 Å². The van der Waals surface area contributed by atoms with Crippen molar-refractivity contribution in [1.29, 1.82) is 5.41 Å². The summed E-state index contributed by atoms with van der Waals surface area (Å²) < 4.78 is 0. The summed E-state index contributed by atoms with van der Waals surface area (Å²) in [5.41, 5.74) is 12.5. The Morgan fingerprint density at radius 1 is 1.43 bits per heavy atom. The third-order valence-electron chi connectivity index (χ3n) is 5.75. The summed E-state index contributed by atoms with van der Waals surface area (Å²) in [6, 6.07) is 4.41. The van der Waals surface area contributed by atoms with E-state index in [9.17, 15) is 0 Å². The normalized spacial score (nSPS) is 17.8. The zero-order valence-electron chi connectivity index (χ0n) is 18.4. The molecule has 1 aliphatic rings. The van der Waals surface area contributed by atoms with Crippen molar-refractivity contribution in [2.75, 3.05) is 37.8 Å². The first-order valence-electron chi connectivity index (χ1n) is 10.6. The van der Waals surface area contributed by atoms with E-state index in [0.717, 1.165) is 55.0 Å². The maximum Gasteiger partial charge on any atom is 0.0878 e. The van der Waals surface area contributed by atoms with Crippen molar-refractivity contribution in [3.8, 4) is 0 Å². The van der Waals surface area contributed by atoms with Gasteiger partial charge in [-0.05, 0) is 51.6 Å². The Labute approximate surface area is 179 Å². The number of aromatic nitrogens is 2. The molecule has 1 aromatic heterocycles. The van der Waals surface area contributed by atoms with Crippen LogP contribution in [0.2, 0.25) is 0 Å². The minimum Gasteiger partial charge on any atom is -0.398 e. The Morgan fingerprint density at radius 3 is 2.80 bits per heavy atom. The molecule has 1 atom stereocenters. The average molecular weight is 408 g/mol. The number of anilines is 2. The molecule has 1 fully saturated rings. The van der Waals surface area contributed by atoms with Crippen LogP contribution >= 0.6 is 0 Å². The predicted octanol–water partition coefficient (Wildman–Crippen LogP) is 4.00. The van der Waals surface area contributed by atoms with E-state index in [1.54, 1.807) is 0 Å². The number of likely N-dealkylation sites (N-methyl/N-ethyl adjacent to an activating group) is 1. The minimum absolute atomic E-state index is 0.505. The fourth-order valence-corrected chi connectivity index (χ4v) is 3.95. The summed E-state index contributed by atoms with van der Waals surface area (Å²) in [5.74, 6) is 0. The van der Waals surface area contributed by atoms with Gasteiger partial charge in [0.25, 0.3) is 0 Å². The van der Waals surface area contributed by atoms with E-state index >= 15 is 0 Å². The summed E-state index contributed by atoms with van der Waals surface area (Å²) in [6.45, 7) is 6.12. The van der Waals surface area contributed by atoms with Crippen LogP contribution in [0.3, 0.4) is 0 Å². The molecule has 7 heteroatoms. The lowest BCUT2D eigenvalue weighted by Gasteiger charge is -2.24. The second-order valence-electron chi connectivity index (χ2n) is 7.98. The first-order valence-corrected chi connectivity index (χ1v) is 10.6. The van der Waals surface area contributed by atoms with Crippen LogP contribution in [0.1, 0.15) is 44.2 Å². The van der Waals surface area contributed by atoms with Crippen LogP contribution in [0.5, 0.6) is 0 Å². The van der Waals surface area contributed by atoms with Gasteiger partial charge in [-0.25, -0.2) is 4.99 Å². The first kappa shape index (κ1) is 21.8. The number of rotatable bonds is 8. The molecule has 160 valence electrons. The van der Waals surface area contributed by atoms with Gasteiger partial charge >= 0.3 is 0 Å². The molecule has 1 unspecified atom stereocenters. The van der Waals surface area contributed by atoms with Gasteiger partial charge in [0, 0.05) is 48.4 Å². The first-order chi connectivity index (χ1) is 14.5. The Balaban J connectivity index is 2.13. The third kappa shape index (κ3) is 4.62. The van der Waals surface area contributed by atoms with Gasteiger partial charge in [-0.15, -0.1) is 0 Å². The number of nitrogen functional groups attached to an aromatic ring is 1. The highest BCUT2D eigenvalue weighted by Crippen LogP contribution is 2.36. The van der Waals surface area contributed by atoms with Gasteiger partial charge in [0.15, 0.2) is 0 Å². The Morgan fingerprint density at radius 2 is 2.23 bits per heavy atom. The molecule has 2 heterocycles. The van der Waals surface area contributed by atoms with Crippen LogP contribution in [0.4, 0.5) is 17.1 Å². The maximum atomic E-state index is 7.76. The van der Waals surface area contributed by atoms with E-state index in [2.05, 4.69) is 54.0 Å². The number of allylic oxidation sites excluding steroid dienone is 2. The molecule has 0 radical (unpaired) electrons. The number of hydrogen-bond donors (Lipinski definition) is 3. The zero-order chi connectivity index (χ0) is 21.7. The molecule has 0 bridgehead atoms. The molecule has 0 aliphatic carbocycles. The van der Waals surface area contributed by atoms with E-state index in [1.165, 1.54) is 11.8 Å². The Bertz CT molecular complexity index is 925. The number of aromatic amines is 1. The summed E-state index contributed by atoms with van der Waals surface area (Å²) in [7, 11) is 4.25. The molecule has 1 aromatic carbocycles. The molecule has 2 aromatic rings. The quantitative estimate of drug-likeness (QED) is 0.455. The summed E-state index contributed by atoms with van der Waals surface area (Å²) in [4.78, 5) is 9.76. The number of nitrogens with zero attached hydrogens (tertiary/aromatic N) is 4. The number of H-pyrrole nitrogens is 1. The largest absolute Gasteiger partial charge is 0.398 e. The van der Waals surface area contributed by atoms with E-state index in [0.29, 0.717) is 17.3 Å². The standard InChI is InChI=1S/C23H33N7/c1-5-7-16(6-2)23(18-13-26-27-14-18)28-21-10-17(12-24)20(25)11-22(21)30-9-8-19(15-30)29(3)4/h6,10-14,19,24H,5,7-9,15,25H2,1-4H3,(H,26,27)/b16-6+,24-12?,28-23?. The van der Waals surface area contributed by atoms with Gasteiger partial charge in [0.2, 0.25) is 0 Å². The molecule has 30 heavy (non-hydrogen) atoms.